The molecule has 1 amide bonds. The van der Waals surface area contributed by atoms with Gasteiger partial charge in [-0.3, -0.25) is 4.79 Å². The van der Waals surface area contributed by atoms with Crippen LogP contribution in [0.1, 0.15) is 56.7 Å². The summed E-state index contributed by atoms with van der Waals surface area (Å²) in [6, 6.07) is 8.30. The second-order valence-corrected chi connectivity index (χ2v) is 5.91. The predicted octanol–water partition coefficient (Wildman–Crippen LogP) is 3.09. The highest BCUT2D eigenvalue weighted by Gasteiger charge is 2.40. The molecule has 1 aromatic carbocycles. The number of benzene rings is 1. The van der Waals surface area contributed by atoms with Gasteiger partial charge in [-0.25, -0.2) is 0 Å². The second-order valence-electron chi connectivity index (χ2n) is 5.91. The summed E-state index contributed by atoms with van der Waals surface area (Å²) in [7, 11) is 0. The van der Waals surface area contributed by atoms with Gasteiger partial charge < -0.3 is 10.6 Å². The molecule has 1 heterocycles. The minimum absolute atomic E-state index is 0.0554. The van der Waals surface area contributed by atoms with E-state index >= 15 is 0 Å². The van der Waals surface area contributed by atoms with Crippen LogP contribution in [-0.2, 0) is 4.79 Å². The van der Waals surface area contributed by atoms with Crippen LogP contribution in [-0.4, -0.2) is 18.0 Å². The molecule has 1 saturated heterocycles. The Labute approximate surface area is 122 Å². The Hall–Kier alpha value is -1.35. The number of carbonyl (C=O) groups excluding carboxylic acids is 1. The Bertz CT molecular complexity index is 464. The summed E-state index contributed by atoms with van der Waals surface area (Å²) in [5.41, 5.74) is 2.08. The lowest BCUT2D eigenvalue weighted by molar-refractivity contribution is -0.128. The van der Waals surface area contributed by atoms with Gasteiger partial charge in [0, 0.05) is 0 Å². The molecule has 1 unspecified atom stereocenters. The van der Waals surface area contributed by atoms with Gasteiger partial charge in [-0.15, -0.1) is 0 Å². The van der Waals surface area contributed by atoms with Gasteiger partial charge in [-0.2, -0.15) is 0 Å². The number of nitrogens with one attached hydrogen (secondary N) is 2. The monoisotopic (exact) mass is 274 g/mol. The highest BCUT2D eigenvalue weighted by Crippen LogP contribution is 2.26. The van der Waals surface area contributed by atoms with E-state index in [1.807, 2.05) is 12.1 Å². The average molecular weight is 274 g/mol. The molecule has 1 aliphatic heterocycles. The molecule has 0 bridgehead atoms. The van der Waals surface area contributed by atoms with Gasteiger partial charge in [0.2, 0.25) is 5.91 Å². The van der Waals surface area contributed by atoms with Crippen molar-refractivity contribution in [2.24, 2.45) is 0 Å². The molecule has 3 nitrogen and oxygen atoms in total. The van der Waals surface area contributed by atoms with E-state index in [1.165, 1.54) is 11.1 Å². The summed E-state index contributed by atoms with van der Waals surface area (Å²) < 4.78 is 0. The summed E-state index contributed by atoms with van der Waals surface area (Å²) in [6.45, 7) is 7.24. The van der Waals surface area contributed by atoms with Crippen molar-refractivity contribution in [1.82, 2.24) is 10.6 Å². The molecule has 110 valence electrons. The van der Waals surface area contributed by atoms with Crippen LogP contribution in [0.25, 0.3) is 0 Å². The maximum absolute atomic E-state index is 12.7. The van der Waals surface area contributed by atoms with E-state index in [0.717, 1.165) is 32.2 Å². The van der Waals surface area contributed by atoms with Crippen molar-refractivity contribution < 1.29 is 4.79 Å². The van der Waals surface area contributed by atoms with Crippen molar-refractivity contribution in [2.45, 2.75) is 58.0 Å². The number of hydrogen-bond donors (Lipinski definition) is 2. The van der Waals surface area contributed by atoms with Crippen molar-refractivity contribution in [3.05, 3.63) is 35.4 Å². The normalized spacial score (nSPS) is 23.6. The molecule has 0 aromatic heterocycles. The SMILES string of the molecule is CCCC1(C(=O)N[C@@H](C)c2ccccc2C)CCCN1. The van der Waals surface area contributed by atoms with Gasteiger partial charge in [0.25, 0.3) is 0 Å². The van der Waals surface area contributed by atoms with Crippen LogP contribution in [0.2, 0.25) is 0 Å². The first kappa shape index (κ1) is 15.0. The van der Waals surface area contributed by atoms with E-state index in [1.54, 1.807) is 0 Å². The van der Waals surface area contributed by atoms with Crippen molar-refractivity contribution in [1.29, 1.82) is 0 Å². The molecule has 2 N–H and O–H groups in total. The predicted molar refractivity (Wildman–Crippen MR) is 82.6 cm³/mol. The standard InChI is InChI=1S/C17H26N2O/c1-4-10-17(11-7-12-18-17)16(20)19-14(3)15-9-6-5-8-13(15)2/h5-6,8-9,14,18H,4,7,10-12H2,1-3H3,(H,19,20)/t14-,17?/m0/s1. The molecule has 2 atom stereocenters. The molecule has 2 rings (SSSR count). The first-order valence-corrected chi connectivity index (χ1v) is 7.70. The van der Waals surface area contributed by atoms with Crippen LogP contribution in [0.5, 0.6) is 0 Å². The molecule has 0 saturated carbocycles. The molecule has 0 aliphatic carbocycles. The number of carbonyl (C=O) groups is 1. The number of rotatable bonds is 5. The van der Waals surface area contributed by atoms with Crippen molar-refractivity contribution in [3.63, 3.8) is 0 Å². The summed E-state index contributed by atoms with van der Waals surface area (Å²) in [5.74, 6) is 0.160. The zero-order valence-corrected chi connectivity index (χ0v) is 12.8. The molecule has 0 spiro atoms. The van der Waals surface area contributed by atoms with Crippen LogP contribution in [0.15, 0.2) is 24.3 Å². The topological polar surface area (TPSA) is 41.1 Å². The van der Waals surface area contributed by atoms with Crippen molar-refractivity contribution in [2.75, 3.05) is 6.54 Å². The molecule has 1 aliphatic rings. The highest BCUT2D eigenvalue weighted by atomic mass is 16.2. The summed E-state index contributed by atoms with van der Waals surface area (Å²) >= 11 is 0. The van der Waals surface area contributed by atoms with Crippen molar-refractivity contribution in [3.8, 4) is 0 Å². The highest BCUT2D eigenvalue weighted by molar-refractivity contribution is 5.87. The Kier molecular flexibility index (Phi) is 4.81. The maximum atomic E-state index is 12.7. The third-order valence-electron chi connectivity index (χ3n) is 4.36. The number of hydrogen-bond acceptors (Lipinski definition) is 2. The summed E-state index contributed by atoms with van der Waals surface area (Å²) in [5, 5.41) is 6.63. The first-order chi connectivity index (χ1) is 9.59. The van der Waals surface area contributed by atoms with Crippen LogP contribution >= 0.6 is 0 Å². The molecule has 1 fully saturated rings. The Morgan fingerprint density at radius 3 is 2.80 bits per heavy atom. The minimum atomic E-state index is -0.342. The van der Waals surface area contributed by atoms with Crippen LogP contribution in [0.3, 0.4) is 0 Å². The number of aryl methyl sites for hydroxylation is 1. The lowest BCUT2D eigenvalue weighted by Gasteiger charge is -2.30. The van der Waals surface area contributed by atoms with Gasteiger partial charge >= 0.3 is 0 Å². The molecule has 3 heteroatoms. The lowest BCUT2D eigenvalue weighted by atomic mass is 9.90. The minimum Gasteiger partial charge on any atom is -0.348 e. The Balaban J connectivity index is 2.08. The van der Waals surface area contributed by atoms with E-state index in [2.05, 4.69) is 43.5 Å². The molecule has 0 radical (unpaired) electrons. The Morgan fingerprint density at radius 2 is 2.20 bits per heavy atom. The fourth-order valence-corrected chi connectivity index (χ4v) is 3.24. The third-order valence-corrected chi connectivity index (χ3v) is 4.36. The van der Waals surface area contributed by atoms with E-state index < -0.39 is 0 Å². The van der Waals surface area contributed by atoms with E-state index in [4.69, 9.17) is 0 Å². The van der Waals surface area contributed by atoms with E-state index in [9.17, 15) is 4.79 Å². The molecular weight excluding hydrogens is 248 g/mol. The molecular formula is C17H26N2O. The number of amides is 1. The maximum Gasteiger partial charge on any atom is 0.240 e. The zero-order chi connectivity index (χ0) is 14.6. The largest absolute Gasteiger partial charge is 0.348 e. The van der Waals surface area contributed by atoms with E-state index in [0.29, 0.717) is 0 Å². The summed E-state index contributed by atoms with van der Waals surface area (Å²) in [4.78, 5) is 12.7. The average Bonchev–Trinajstić information content (AvgIpc) is 2.89. The van der Waals surface area contributed by atoms with Gasteiger partial charge in [0.1, 0.15) is 0 Å². The fraction of sp³-hybridized carbons (Fsp3) is 0.588. The first-order valence-electron chi connectivity index (χ1n) is 7.70. The van der Waals surface area contributed by atoms with Crippen LogP contribution in [0.4, 0.5) is 0 Å². The van der Waals surface area contributed by atoms with Crippen LogP contribution < -0.4 is 10.6 Å². The lowest BCUT2D eigenvalue weighted by Crippen LogP contribution is -2.53. The molecule has 20 heavy (non-hydrogen) atoms. The van der Waals surface area contributed by atoms with Gasteiger partial charge in [-0.05, 0) is 50.8 Å². The van der Waals surface area contributed by atoms with Crippen molar-refractivity contribution >= 4 is 5.91 Å². The van der Waals surface area contributed by atoms with Gasteiger partial charge in [-0.1, -0.05) is 37.6 Å². The van der Waals surface area contributed by atoms with E-state index in [-0.39, 0.29) is 17.5 Å². The quantitative estimate of drug-likeness (QED) is 0.866. The molecule has 1 aromatic rings. The van der Waals surface area contributed by atoms with Crippen LogP contribution in [0, 0.1) is 6.92 Å². The third kappa shape index (κ3) is 3.04. The second kappa shape index (κ2) is 6.40. The smallest absolute Gasteiger partial charge is 0.240 e. The Morgan fingerprint density at radius 1 is 1.45 bits per heavy atom. The zero-order valence-electron chi connectivity index (χ0n) is 12.8. The van der Waals surface area contributed by atoms with Gasteiger partial charge in [0.05, 0.1) is 11.6 Å². The van der Waals surface area contributed by atoms with Gasteiger partial charge in [0.15, 0.2) is 0 Å². The summed E-state index contributed by atoms with van der Waals surface area (Å²) in [6.07, 6.45) is 3.98. The fourth-order valence-electron chi connectivity index (χ4n) is 3.24.